The van der Waals surface area contributed by atoms with Gasteiger partial charge in [0.05, 0.1) is 18.5 Å². The van der Waals surface area contributed by atoms with E-state index in [2.05, 4.69) is 27.1 Å². The van der Waals surface area contributed by atoms with Crippen LogP contribution in [-0.2, 0) is 25.7 Å². The summed E-state index contributed by atoms with van der Waals surface area (Å²) in [5, 5.41) is 16.9. The summed E-state index contributed by atoms with van der Waals surface area (Å²) >= 11 is 1.54. The van der Waals surface area contributed by atoms with Gasteiger partial charge in [0.25, 0.3) is 0 Å². The lowest BCUT2D eigenvalue weighted by atomic mass is 10.2. The summed E-state index contributed by atoms with van der Waals surface area (Å²) in [7, 11) is 0. The molecule has 0 unspecified atom stereocenters. The highest BCUT2D eigenvalue weighted by atomic mass is 32.1. The van der Waals surface area contributed by atoms with E-state index < -0.39 is 12.0 Å². The molecule has 3 aromatic heterocycles. The highest BCUT2D eigenvalue weighted by molar-refractivity contribution is 7.18. The fourth-order valence-electron chi connectivity index (χ4n) is 3.30. The van der Waals surface area contributed by atoms with Crippen LogP contribution in [0.25, 0.3) is 10.2 Å². The molecule has 0 saturated carbocycles. The van der Waals surface area contributed by atoms with Crippen molar-refractivity contribution >= 4 is 27.4 Å². The molecule has 1 N–H and O–H groups in total. The van der Waals surface area contributed by atoms with Crippen molar-refractivity contribution in [3.8, 4) is 6.01 Å². The van der Waals surface area contributed by atoms with Gasteiger partial charge in [-0.1, -0.05) is 13.3 Å². The molecule has 0 amide bonds. The first-order valence-electron chi connectivity index (χ1n) is 9.19. The van der Waals surface area contributed by atoms with Crippen LogP contribution in [0.2, 0.25) is 0 Å². The number of alkyl halides is 3. The van der Waals surface area contributed by atoms with Gasteiger partial charge in [-0.2, -0.15) is 23.1 Å². The summed E-state index contributed by atoms with van der Waals surface area (Å²) in [5.74, 6) is -0.158. The summed E-state index contributed by atoms with van der Waals surface area (Å²) in [6.45, 7) is 2.53. The van der Waals surface area contributed by atoms with Crippen molar-refractivity contribution in [2.45, 2.75) is 39.0 Å². The summed E-state index contributed by atoms with van der Waals surface area (Å²) in [4.78, 5) is 12.6. The van der Waals surface area contributed by atoms with Crippen molar-refractivity contribution in [3.63, 3.8) is 0 Å². The Morgan fingerprint density at radius 2 is 2.07 bits per heavy atom. The van der Waals surface area contributed by atoms with Gasteiger partial charge in [-0.05, 0) is 12.5 Å². The lowest BCUT2D eigenvalue weighted by molar-refractivity contribution is -0.147. The summed E-state index contributed by atoms with van der Waals surface area (Å²) in [5.41, 5.74) is 0. The first kappa shape index (κ1) is 19.8. The number of aryl methyl sites for hydroxylation is 1. The number of hydrogen-bond donors (Lipinski definition) is 1. The van der Waals surface area contributed by atoms with Crippen LogP contribution < -0.4 is 9.64 Å². The van der Waals surface area contributed by atoms with Gasteiger partial charge in [0, 0.05) is 18.0 Å². The molecule has 4 rings (SSSR count). The molecule has 29 heavy (non-hydrogen) atoms. The van der Waals surface area contributed by atoms with E-state index in [0.29, 0.717) is 12.4 Å². The fraction of sp³-hybridized carbons (Fsp3) is 0.529. The Bertz CT molecular complexity index is 1020. The average molecular weight is 428 g/mol. The number of hydrogen-bond acceptors (Lipinski definition) is 8. The van der Waals surface area contributed by atoms with Crippen LogP contribution >= 0.6 is 11.3 Å². The number of ether oxygens (including phenoxy) is 1. The number of thiophene rings is 1. The molecule has 0 fully saturated rings. The van der Waals surface area contributed by atoms with E-state index in [4.69, 9.17) is 9.84 Å². The molecule has 0 atom stereocenters. The maximum Gasteiger partial charge on any atom is 0.451 e. The molecule has 12 heteroatoms. The van der Waals surface area contributed by atoms with Crippen molar-refractivity contribution < 1.29 is 23.0 Å². The Morgan fingerprint density at radius 3 is 2.79 bits per heavy atom. The highest BCUT2D eigenvalue weighted by Crippen LogP contribution is 2.35. The lowest BCUT2D eigenvalue weighted by Crippen LogP contribution is -2.36. The van der Waals surface area contributed by atoms with Crippen molar-refractivity contribution in [2.24, 2.45) is 0 Å². The molecule has 0 aromatic carbocycles. The molecular formula is C17H19F3N6O2S. The van der Waals surface area contributed by atoms with E-state index >= 15 is 0 Å². The Hall–Kier alpha value is -2.47. The van der Waals surface area contributed by atoms with Crippen LogP contribution in [0, 0.1) is 0 Å². The van der Waals surface area contributed by atoms with Gasteiger partial charge in [0.15, 0.2) is 5.82 Å². The predicted molar refractivity (Wildman–Crippen MR) is 100 cm³/mol. The monoisotopic (exact) mass is 428 g/mol. The van der Waals surface area contributed by atoms with Gasteiger partial charge in [-0.15, -0.1) is 21.5 Å². The Kier molecular flexibility index (Phi) is 5.30. The van der Waals surface area contributed by atoms with Crippen LogP contribution in [0.1, 0.15) is 29.9 Å². The minimum absolute atomic E-state index is 0.0570. The first-order chi connectivity index (χ1) is 13.9. The van der Waals surface area contributed by atoms with Crippen molar-refractivity contribution in [1.82, 2.24) is 24.7 Å². The van der Waals surface area contributed by atoms with Crippen LogP contribution in [0.3, 0.4) is 0 Å². The third kappa shape index (κ3) is 3.86. The van der Waals surface area contributed by atoms with E-state index in [0.717, 1.165) is 32.5 Å². The topological polar surface area (TPSA) is 89.2 Å². The first-order valence-corrected chi connectivity index (χ1v) is 10.0. The second kappa shape index (κ2) is 7.75. The average Bonchev–Trinajstić information content (AvgIpc) is 3.28. The van der Waals surface area contributed by atoms with E-state index in [1.54, 1.807) is 0 Å². The predicted octanol–water partition coefficient (Wildman–Crippen LogP) is 2.65. The molecule has 1 aliphatic heterocycles. The third-order valence-electron chi connectivity index (χ3n) is 4.53. The molecule has 156 valence electrons. The number of aliphatic hydroxyl groups is 1. The van der Waals surface area contributed by atoms with Crippen molar-refractivity contribution in [1.29, 1.82) is 0 Å². The van der Waals surface area contributed by atoms with E-state index in [-0.39, 0.29) is 38.1 Å². The Morgan fingerprint density at radius 1 is 1.24 bits per heavy atom. The van der Waals surface area contributed by atoms with Gasteiger partial charge in [0.1, 0.15) is 17.3 Å². The van der Waals surface area contributed by atoms with Gasteiger partial charge >= 0.3 is 12.2 Å². The van der Waals surface area contributed by atoms with Crippen LogP contribution in [0.4, 0.5) is 19.0 Å². The molecular weight excluding hydrogens is 409 g/mol. The number of aromatic nitrogens is 5. The second-order valence-corrected chi connectivity index (χ2v) is 7.71. The second-order valence-electron chi connectivity index (χ2n) is 6.59. The van der Waals surface area contributed by atoms with Crippen molar-refractivity contribution in [2.75, 3.05) is 24.7 Å². The number of nitrogens with zero attached hydrogens (tertiary/aromatic N) is 6. The molecule has 1 aliphatic rings. The minimum atomic E-state index is -4.54. The van der Waals surface area contributed by atoms with Crippen LogP contribution in [0.5, 0.6) is 6.01 Å². The van der Waals surface area contributed by atoms with Crippen LogP contribution in [0.15, 0.2) is 6.07 Å². The number of aliphatic hydroxyl groups excluding tert-OH is 1. The van der Waals surface area contributed by atoms with Gasteiger partial charge in [0.2, 0.25) is 5.82 Å². The zero-order valence-electron chi connectivity index (χ0n) is 15.6. The zero-order chi connectivity index (χ0) is 20.6. The standard InChI is InChI=1S/C17H19F3N6O2S/c1-2-3-10-8-11-13(21-16(28-7-6-27)22-14(11)29-10)25-4-5-26-12(9-25)23-24-15(26)17(18,19)20/h8,27H,2-7,9H2,1H3. The third-order valence-corrected chi connectivity index (χ3v) is 5.62. The molecule has 3 aromatic rings. The number of rotatable bonds is 6. The van der Waals surface area contributed by atoms with Crippen molar-refractivity contribution in [3.05, 3.63) is 22.6 Å². The zero-order valence-corrected chi connectivity index (χ0v) is 16.4. The summed E-state index contributed by atoms with van der Waals surface area (Å²) in [6, 6.07) is 2.16. The number of halogens is 3. The molecule has 0 aliphatic carbocycles. The highest BCUT2D eigenvalue weighted by Gasteiger charge is 2.39. The molecule has 8 nitrogen and oxygen atoms in total. The largest absolute Gasteiger partial charge is 0.461 e. The van der Waals surface area contributed by atoms with E-state index in [9.17, 15) is 13.2 Å². The lowest BCUT2D eigenvalue weighted by Gasteiger charge is -2.29. The molecule has 0 bridgehead atoms. The molecule has 4 heterocycles. The number of anilines is 1. The molecule has 0 saturated heterocycles. The maximum atomic E-state index is 13.1. The maximum absolute atomic E-state index is 13.1. The molecule has 0 spiro atoms. The quantitative estimate of drug-likeness (QED) is 0.646. The molecule has 0 radical (unpaired) electrons. The Labute approximate surface area is 168 Å². The number of fused-ring (bicyclic) bond motifs is 2. The smallest absolute Gasteiger partial charge is 0.451 e. The minimum Gasteiger partial charge on any atom is -0.461 e. The summed E-state index contributed by atoms with van der Waals surface area (Å²) < 4.78 is 45.8. The van der Waals surface area contributed by atoms with E-state index in [1.807, 2.05) is 11.0 Å². The van der Waals surface area contributed by atoms with Gasteiger partial charge in [-0.3, -0.25) is 0 Å². The van der Waals surface area contributed by atoms with Gasteiger partial charge in [-0.25, -0.2) is 0 Å². The van der Waals surface area contributed by atoms with Gasteiger partial charge < -0.3 is 19.3 Å². The summed E-state index contributed by atoms with van der Waals surface area (Å²) in [6.07, 6.45) is -2.66. The Balaban J connectivity index is 1.71. The van der Waals surface area contributed by atoms with Crippen LogP contribution in [-0.4, -0.2) is 49.6 Å². The fourth-order valence-corrected chi connectivity index (χ4v) is 4.41. The van der Waals surface area contributed by atoms with E-state index in [1.165, 1.54) is 11.3 Å². The SMILES string of the molecule is CCCc1cc2c(N3CCn4c(nnc4C(F)(F)F)C3)nc(OCCO)nc2s1. The normalized spacial score (nSPS) is 14.4.